The van der Waals surface area contributed by atoms with Crippen molar-refractivity contribution in [2.75, 3.05) is 6.54 Å². The van der Waals surface area contributed by atoms with Crippen molar-refractivity contribution < 1.29 is 39.9 Å². The lowest BCUT2D eigenvalue weighted by molar-refractivity contribution is -0.348. The molecule has 1 amide bonds. The lowest BCUT2D eigenvalue weighted by atomic mass is 9.77. The number of aromatic amines is 1. The summed E-state index contributed by atoms with van der Waals surface area (Å²) in [6.07, 6.45) is -11.3. The van der Waals surface area contributed by atoms with Gasteiger partial charge in [0.1, 0.15) is 11.5 Å². The Kier molecular flexibility index (Phi) is 5.40. The van der Waals surface area contributed by atoms with E-state index in [4.69, 9.17) is 4.42 Å². The molecule has 0 bridgehead atoms. The van der Waals surface area contributed by atoms with Crippen LogP contribution >= 0.6 is 0 Å². The van der Waals surface area contributed by atoms with Gasteiger partial charge in [-0.05, 0) is 30.4 Å². The number of halogens is 7. The van der Waals surface area contributed by atoms with Crippen LogP contribution in [-0.4, -0.2) is 40.7 Å². The number of hydrogen-bond donors (Lipinski definition) is 1. The van der Waals surface area contributed by atoms with Gasteiger partial charge in [0.05, 0.1) is 0 Å². The van der Waals surface area contributed by atoms with E-state index >= 15 is 0 Å². The Balaban J connectivity index is 1.66. The van der Waals surface area contributed by atoms with E-state index in [1.807, 2.05) is 0 Å². The molecule has 0 radical (unpaired) electrons. The van der Waals surface area contributed by atoms with Gasteiger partial charge in [0.25, 0.3) is 5.91 Å². The van der Waals surface area contributed by atoms with E-state index in [1.165, 1.54) is 4.90 Å². The van der Waals surface area contributed by atoms with E-state index < -0.39 is 35.2 Å². The van der Waals surface area contributed by atoms with Crippen molar-refractivity contribution in [3.8, 4) is 0 Å². The standard InChI is InChI=1S/C21H19F7N2O3/c1-2-15-16(29-18(32)33-15)17(31)30-8-7-13-12-5-4-11(9-10(12)3-6-14(13)30)19(22,20(23,24)25)21(26,27)28/h4-5,9,13-14H,2-3,6-8H2,1H3,(H,29,32)/t13-,14+/m0/s1. The molecule has 2 aromatic rings. The molecule has 4 rings (SSSR count). The minimum Gasteiger partial charge on any atom is -0.412 e. The highest BCUT2D eigenvalue weighted by molar-refractivity contribution is 5.93. The second kappa shape index (κ2) is 7.63. The molecule has 12 heteroatoms. The molecule has 33 heavy (non-hydrogen) atoms. The molecule has 1 aromatic heterocycles. The number of alkyl halides is 7. The second-order valence-electron chi connectivity index (χ2n) is 8.23. The van der Waals surface area contributed by atoms with Crippen LogP contribution in [0.1, 0.15) is 58.6 Å². The Labute approximate surface area is 182 Å². The molecule has 2 atom stereocenters. The highest BCUT2D eigenvalue weighted by Gasteiger charge is 2.73. The van der Waals surface area contributed by atoms with Gasteiger partial charge in [0.2, 0.25) is 0 Å². The molecule has 0 unspecified atom stereocenters. The number of nitrogens with one attached hydrogen (secondary N) is 1. The van der Waals surface area contributed by atoms with Gasteiger partial charge >= 0.3 is 23.8 Å². The number of aryl methyl sites for hydroxylation is 2. The van der Waals surface area contributed by atoms with Crippen LogP contribution in [-0.2, 0) is 18.5 Å². The summed E-state index contributed by atoms with van der Waals surface area (Å²) < 4.78 is 98.2. The molecule has 180 valence electrons. The van der Waals surface area contributed by atoms with Gasteiger partial charge in [-0.15, -0.1) is 0 Å². The highest BCUT2D eigenvalue weighted by Crippen LogP contribution is 2.54. The third-order valence-electron chi connectivity index (χ3n) is 6.49. The molecule has 1 aliphatic carbocycles. The fourth-order valence-electron chi connectivity index (χ4n) is 4.94. The van der Waals surface area contributed by atoms with Crippen molar-refractivity contribution in [2.24, 2.45) is 0 Å². The van der Waals surface area contributed by atoms with E-state index in [1.54, 1.807) is 6.92 Å². The molecule has 1 aliphatic heterocycles. The zero-order valence-electron chi connectivity index (χ0n) is 17.2. The van der Waals surface area contributed by atoms with Crippen molar-refractivity contribution in [1.82, 2.24) is 9.88 Å². The van der Waals surface area contributed by atoms with Gasteiger partial charge in [0, 0.05) is 30.5 Å². The maximum atomic E-state index is 14.5. The van der Waals surface area contributed by atoms with Crippen LogP contribution in [0.15, 0.2) is 27.4 Å². The number of H-pyrrole nitrogens is 1. The Morgan fingerprint density at radius 3 is 2.39 bits per heavy atom. The molecule has 1 fully saturated rings. The number of fused-ring (bicyclic) bond motifs is 3. The lowest BCUT2D eigenvalue weighted by Gasteiger charge is -2.35. The van der Waals surface area contributed by atoms with E-state index in [2.05, 4.69) is 4.98 Å². The topological polar surface area (TPSA) is 66.3 Å². The predicted octanol–water partition coefficient (Wildman–Crippen LogP) is 4.76. The summed E-state index contributed by atoms with van der Waals surface area (Å²) in [6.45, 7) is 1.99. The van der Waals surface area contributed by atoms with Crippen molar-refractivity contribution in [3.63, 3.8) is 0 Å². The van der Waals surface area contributed by atoms with Gasteiger partial charge in [-0.3, -0.25) is 9.78 Å². The van der Waals surface area contributed by atoms with Crippen molar-refractivity contribution in [2.45, 2.75) is 62.6 Å². The number of carbonyl (C=O) groups excluding carboxylic acids is 1. The van der Waals surface area contributed by atoms with Crippen LogP contribution in [0.5, 0.6) is 0 Å². The van der Waals surface area contributed by atoms with Crippen LogP contribution in [0.2, 0.25) is 0 Å². The number of oxazole rings is 1. The average molecular weight is 480 g/mol. The third-order valence-corrected chi connectivity index (χ3v) is 6.49. The van der Waals surface area contributed by atoms with Gasteiger partial charge < -0.3 is 9.32 Å². The number of carbonyl (C=O) groups is 1. The number of aromatic nitrogens is 1. The molecule has 0 saturated carbocycles. The summed E-state index contributed by atoms with van der Waals surface area (Å²) in [7, 11) is 0. The molecule has 2 aliphatic rings. The van der Waals surface area contributed by atoms with Crippen LogP contribution in [0, 0.1) is 0 Å². The molecule has 1 N–H and O–H groups in total. The molecule has 0 spiro atoms. The molecular weight excluding hydrogens is 461 g/mol. The zero-order chi connectivity index (χ0) is 24.3. The van der Waals surface area contributed by atoms with E-state index in [-0.39, 0.29) is 48.4 Å². The summed E-state index contributed by atoms with van der Waals surface area (Å²) in [4.78, 5) is 28.4. The Morgan fingerprint density at radius 2 is 1.79 bits per heavy atom. The quantitative estimate of drug-likeness (QED) is 0.645. The zero-order valence-corrected chi connectivity index (χ0v) is 17.2. The second-order valence-corrected chi connectivity index (χ2v) is 8.23. The normalized spacial score (nSPS) is 21.2. The number of nitrogens with zero attached hydrogens (tertiary/aromatic N) is 1. The third kappa shape index (κ3) is 3.54. The number of hydrogen-bond acceptors (Lipinski definition) is 3. The lowest BCUT2D eigenvalue weighted by Crippen LogP contribution is -2.50. The van der Waals surface area contributed by atoms with Crippen molar-refractivity contribution in [3.05, 3.63) is 56.9 Å². The van der Waals surface area contributed by atoms with E-state index in [0.717, 1.165) is 6.07 Å². The molecule has 5 nitrogen and oxygen atoms in total. The molecule has 1 saturated heterocycles. The van der Waals surface area contributed by atoms with Crippen LogP contribution in [0.3, 0.4) is 0 Å². The monoisotopic (exact) mass is 480 g/mol. The van der Waals surface area contributed by atoms with Gasteiger partial charge in [-0.1, -0.05) is 25.1 Å². The van der Waals surface area contributed by atoms with Gasteiger partial charge in [0.15, 0.2) is 0 Å². The first-order chi connectivity index (χ1) is 15.3. The van der Waals surface area contributed by atoms with Crippen molar-refractivity contribution in [1.29, 1.82) is 0 Å². The summed E-state index contributed by atoms with van der Waals surface area (Å²) in [6, 6.07) is 1.90. The largest absolute Gasteiger partial charge is 0.435 e. The highest BCUT2D eigenvalue weighted by atomic mass is 19.4. The fraction of sp³-hybridized carbons (Fsp3) is 0.524. The first-order valence-electron chi connectivity index (χ1n) is 10.3. The van der Waals surface area contributed by atoms with Crippen molar-refractivity contribution >= 4 is 5.91 Å². The minimum atomic E-state index is -6.17. The maximum Gasteiger partial charge on any atom is 0.435 e. The number of benzene rings is 1. The summed E-state index contributed by atoms with van der Waals surface area (Å²) in [5.41, 5.74) is -6.26. The summed E-state index contributed by atoms with van der Waals surface area (Å²) in [5, 5.41) is 0. The van der Waals surface area contributed by atoms with E-state index in [9.17, 15) is 40.3 Å². The Bertz CT molecular complexity index is 1120. The Hall–Kier alpha value is -2.79. The first kappa shape index (κ1) is 23.4. The molecular formula is C21H19F7N2O3. The van der Waals surface area contributed by atoms with E-state index in [0.29, 0.717) is 30.5 Å². The summed E-state index contributed by atoms with van der Waals surface area (Å²) in [5.74, 6) is -1.35. The maximum absolute atomic E-state index is 14.5. The molecule has 1 aromatic carbocycles. The van der Waals surface area contributed by atoms with Crippen LogP contribution in [0.25, 0.3) is 0 Å². The number of likely N-dealkylation sites (tertiary alicyclic amines) is 1. The first-order valence-corrected chi connectivity index (χ1v) is 10.3. The Morgan fingerprint density at radius 1 is 1.12 bits per heavy atom. The molecule has 2 heterocycles. The average Bonchev–Trinajstić information content (AvgIpc) is 3.33. The SMILES string of the molecule is CCc1oc(=O)[nH]c1C(=O)N1CC[C@H]2c3ccc(C(F)(C(F)(F)F)C(F)(F)F)cc3CC[C@H]21. The predicted molar refractivity (Wildman–Crippen MR) is 101 cm³/mol. The van der Waals surface area contributed by atoms with Gasteiger partial charge in [-0.2, -0.15) is 26.3 Å². The fourth-order valence-corrected chi connectivity index (χ4v) is 4.94. The summed E-state index contributed by atoms with van der Waals surface area (Å²) >= 11 is 0. The van der Waals surface area contributed by atoms with Crippen LogP contribution < -0.4 is 5.76 Å². The number of rotatable bonds is 3. The van der Waals surface area contributed by atoms with Gasteiger partial charge in [-0.25, -0.2) is 9.18 Å². The van der Waals surface area contributed by atoms with Crippen LogP contribution in [0.4, 0.5) is 30.7 Å². The smallest absolute Gasteiger partial charge is 0.412 e. The number of amides is 1. The minimum absolute atomic E-state index is 0.0295.